The van der Waals surface area contributed by atoms with Crippen molar-refractivity contribution in [2.24, 2.45) is 0 Å². The first kappa shape index (κ1) is 14.8. The van der Waals surface area contributed by atoms with Gasteiger partial charge in [-0.25, -0.2) is 4.98 Å². The van der Waals surface area contributed by atoms with Gasteiger partial charge in [0.1, 0.15) is 17.3 Å². The molecule has 5 nitrogen and oxygen atoms in total. The normalized spacial score (nSPS) is 10.0. The number of methoxy groups -OCH3 is 1. The Bertz CT molecular complexity index is 628. The second-order valence-corrected chi connectivity index (χ2v) is 4.63. The first-order chi connectivity index (χ1) is 10.2. The smallest absolute Gasteiger partial charge is 0.272 e. The lowest BCUT2D eigenvalue weighted by atomic mass is 10.2. The SMILES string of the molecule is CNc1cccc(C(=O)N(C)Cc2ccccc2OC)n1. The number of aromatic nitrogens is 1. The van der Waals surface area contributed by atoms with E-state index in [-0.39, 0.29) is 5.91 Å². The van der Waals surface area contributed by atoms with Crippen LogP contribution in [0.15, 0.2) is 42.5 Å². The minimum absolute atomic E-state index is 0.127. The summed E-state index contributed by atoms with van der Waals surface area (Å²) in [6.45, 7) is 0.467. The quantitative estimate of drug-likeness (QED) is 0.916. The predicted octanol–water partition coefficient (Wildman–Crippen LogP) is 2.40. The van der Waals surface area contributed by atoms with E-state index in [1.54, 1.807) is 32.2 Å². The number of ether oxygens (including phenoxy) is 1. The number of amides is 1. The van der Waals surface area contributed by atoms with Crippen LogP contribution in [0.2, 0.25) is 0 Å². The fourth-order valence-corrected chi connectivity index (χ4v) is 2.05. The summed E-state index contributed by atoms with van der Waals surface area (Å²) in [6.07, 6.45) is 0. The van der Waals surface area contributed by atoms with Crippen LogP contribution in [0.1, 0.15) is 16.1 Å². The van der Waals surface area contributed by atoms with Gasteiger partial charge in [-0.1, -0.05) is 24.3 Å². The lowest BCUT2D eigenvalue weighted by Crippen LogP contribution is -2.27. The van der Waals surface area contributed by atoms with Gasteiger partial charge in [0, 0.05) is 26.2 Å². The lowest BCUT2D eigenvalue weighted by molar-refractivity contribution is 0.0778. The minimum Gasteiger partial charge on any atom is -0.496 e. The molecule has 1 N–H and O–H groups in total. The Hall–Kier alpha value is -2.56. The van der Waals surface area contributed by atoms with Crippen LogP contribution in [0.5, 0.6) is 5.75 Å². The molecule has 2 rings (SSSR count). The highest BCUT2D eigenvalue weighted by atomic mass is 16.5. The van der Waals surface area contributed by atoms with Crippen molar-refractivity contribution in [1.82, 2.24) is 9.88 Å². The molecule has 1 aromatic carbocycles. The van der Waals surface area contributed by atoms with Gasteiger partial charge in [-0.15, -0.1) is 0 Å². The number of para-hydroxylation sites is 1. The molecule has 5 heteroatoms. The van der Waals surface area contributed by atoms with Gasteiger partial charge in [0.25, 0.3) is 5.91 Å². The molecule has 0 radical (unpaired) electrons. The second-order valence-electron chi connectivity index (χ2n) is 4.63. The van der Waals surface area contributed by atoms with Crippen LogP contribution < -0.4 is 10.1 Å². The molecule has 1 aromatic heterocycles. The molecule has 0 aliphatic heterocycles. The molecule has 0 fully saturated rings. The van der Waals surface area contributed by atoms with Gasteiger partial charge in [0.2, 0.25) is 0 Å². The van der Waals surface area contributed by atoms with Crippen molar-refractivity contribution >= 4 is 11.7 Å². The Morgan fingerprint density at radius 3 is 2.71 bits per heavy atom. The van der Waals surface area contributed by atoms with Gasteiger partial charge in [0.05, 0.1) is 7.11 Å². The van der Waals surface area contributed by atoms with Crippen molar-refractivity contribution in [2.75, 3.05) is 26.5 Å². The molecular formula is C16H19N3O2. The van der Waals surface area contributed by atoms with Crippen molar-refractivity contribution in [3.8, 4) is 5.75 Å². The highest BCUT2D eigenvalue weighted by Crippen LogP contribution is 2.19. The second kappa shape index (κ2) is 6.74. The van der Waals surface area contributed by atoms with Crippen LogP contribution >= 0.6 is 0 Å². The Labute approximate surface area is 124 Å². The number of rotatable bonds is 5. The molecule has 1 amide bonds. The zero-order valence-electron chi connectivity index (χ0n) is 12.5. The summed E-state index contributed by atoms with van der Waals surface area (Å²) < 4.78 is 5.30. The number of hydrogen-bond acceptors (Lipinski definition) is 4. The third kappa shape index (κ3) is 3.51. The maximum atomic E-state index is 12.4. The van der Waals surface area contributed by atoms with Gasteiger partial charge in [0.15, 0.2) is 0 Å². The van der Waals surface area contributed by atoms with Gasteiger partial charge in [-0.05, 0) is 18.2 Å². The fraction of sp³-hybridized carbons (Fsp3) is 0.250. The van der Waals surface area contributed by atoms with E-state index in [9.17, 15) is 4.79 Å². The molecule has 0 saturated carbocycles. The van der Waals surface area contributed by atoms with E-state index >= 15 is 0 Å². The largest absolute Gasteiger partial charge is 0.496 e. The highest BCUT2D eigenvalue weighted by molar-refractivity contribution is 5.92. The third-order valence-corrected chi connectivity index (χ3v) is 3.17. The van der Waals surface area contributed by atoms with Crippen LogP contribution in [-0.2, 0) is 6.54 Å². The van der Waals surface area contributed by atoms with Crippen molar-refractivity contribution in [3.05, 3.63) is 53.7 Å². The number of carbonyl (C=O) groups excluding carboxylic acids is 1. The van der Waals surface area contributed by atoms with E-state index < -0.39 is 0 Å². The average Bonchev–Trinajstić information content (AvgIpc) is 2.54. The molecule has 0 aliphatic rings. The maximum absolute atomic E-state index is 12.4. The number of anilines is 1. The summed E-state index contributed by atoms with van der Waals surface area (Å²) in [5, 5.41) is 2.93. The molecule has 1 heterocycles. The number of benzene rings is 1. The monoisotopic (exact) mass is 285 g/mol. The standard InChI is InChI=1S/C16H19N3O2/c1-17-15-10-6-8-13(18-15)16(20)19(2)11-12-7-4-5-9-14(12)21-3/h4-10H,11H2,1-3H3,(H,17,18). The van der Waals surface area contributed by atoms with Crippen molar-refractivity contribution in [1.29, 1.82) is 0 Å². The van der Waals surface area contributed by atoms with Crippen LogP contribution in [0, 0.1) is 0 Å². The van der Waals surface area contributed by atoms with Crippen LogP contribution in [0.25, 0.3) is 0 Å². The first-order valence-corrected chi connectivity index (χ1v) is 6.68. The van der Waals surface area contributed by atoms with E-state index in [2.05, 4.69) is 10.3 Å². The molecular weight excluding hydrogens is 266 g/mol. The van der Waals surface area contributed by atoms with E-state index in [1.807, 2.05) is 36.4 Å². The molecule has 0 saturated heterocycles. The van der Waals surface area contributed by atoms with E-state index in [1.165, 1.54) is 0 Å². The van der Waals surface area contributed by atoms with Gasteiger partial charge in [-0.2, -0.15) is 0 Å². The van der Waals surface area contributed by atoms with Crippen LogP contribution in [0.3, 0.4) is 0 Å². The number of nitrogens with zero attached hydrogens (tertiary/aromatic N) is 2. The summed E-state index contributed by atoms with van der Waals surface area (Å²) in [7, 11) is 5.15. The van der Waals surface area contributed by atoms with Gasteiger partial charge >= 0.3 is 0 Å². The van der Waals surface area contributed by atoms with Crippen molar-refractivity contribution in [3.63, 3.8) is 0 Å². The first-order valence-electron chi connectivity index (χ1n) is 6.68. The van der Waals surface area contributed by atoms with Gasteiger partial charge < -0.3 is 15.0 Å². The Balaban J connectivity index is 2.15. The molecule has 0 spiro atoms. The molecule has 110 valence electrons. The number of carbonyl (C=O) groups is 1. The summed E-state index contributed by atoms with van der Waals surface area (Å²) in [4.78, 5) is 18.3. The minimum atomic E-state index is -0.127. The predicted molar refractivity (Wildman–Crippen MR) is 82.6 cm³/mol. The van der Waals surface area contributed by atoms with Crippen molar-refractivity contribution in [2.45, 2.75) is 6.54 Å². The Morgan fingerprint density at radius 2 is 2.00 bits per heavy atom. The fourth-order valence-electron chi connectivity index (χ4n) is 2.05. The van der Waals surface area contributed by atoms with E-state index in [4.69, 9.17) is 4.74 Å². The Morgan fingerprint density at radius 1 is 1.24 bits per heavy atom. The van der Waals surface area contributed by atoms with E-state index in [0.717, 1.165) is 11.3 Å². The summed E-state index contributed by atoms with van der Waals surface area (Å²) in [6, 6.07) is 13.0. The number of hydrogen-bond donors (Lipinski definition) is 1. The molecule has 0 atom stereocenters. The summed E-state index contributed by atoms with van der Waals surface area (Å²) in [5.41, 5.74) is 1.37. The van der Waals surface area contributed by atoms with Crippen LogP contribution in [-0.4, -0.2) is 37.0 Å². The Kier molecular flexibility index (Phi) is 4.77. The van der Waals surface area contributed by atoms with E-state index in [0.29, 0.717) is 18.1 Å². The van der Waals surface area contributed by atoms with Crippen LogP contribution in [0.4, 0.5) is 5.82 Å². The molecule has 2 aromatic rings. The topological polar surface area (TPSA) is 54.5 Å². The molecule has 0 bridgehead atoms. The van der Waals surface area contributed by atoms with Crippen molar-refractivity contribution < 1.29 is 9.53 Å². The zero-order chi connectivity index (χ0) is 15.2. The number of pyridine rings is 1. The third-order valence-electron chi connectivity index (χ3n) is 3.17. The average molecular weight is 285 g/mol. The summed E-state index contributed by atoms with van der Waals surface area (Å²) >= 11 is 0. The summed E-state index contributed by atoms with van der Waals surface area (Å²) in [5.74, 6) is 1.32. The van der Waals surface area contributed by atoms with Gasteiger partial charge in [-0.3, -0.25) is 4.79 Å². The highest BCUT2D eigenvalue weighted by Gasteiger charge is 2.15. The zero-order valence-corrected chi connectivity index (χ0v) is 12.5. The molecule has 21 heavy (non-hydrogen) atoms. The molecule has 0 unspecified atom stereocenters. The molecule has 0 aliphatic carbocycles. The lowest BCUT2D eigenvalue weighted by Gasteiger charge is -2.18. The maximum Gasteiger partial charge on any atom is 0.272 e. The number of nitrogens with one attached hydrogen (secondary N) is 1.